The number of furan rings is 1. The van der Waals surface area contributed by atoms with E-state index in [-0.39, 0.29) is 5.76 Å². The number of pyridine rings is 1. The number of hydrazone groups is 1. The Balaban J connectivity index is 2.00. The van der Waals surface area contributed by atoms with Crippen LogP contribution in [0, 0.1) is 10.1 Å². The van der Waals surface area contributed by atoms with E-state index in [9.17, 15) is 14.9 Å². The van der Waals surface area contributed by atoms with E-state index in [1.807, 2.05) is 0 Å². The standard InChI is InChI=1S/C15H12N6O5/c1-25-15(22)18-17-8-10-9-20(12-4-2-3-7-16-12)19-14(10)11-5-6-13(26-11)21(23)24/h2-9H,1H3,(H,18,22). The van der Waals surface area contributed by atoms with Gasteiger partial charge < -0.3 is 9.15 Å². The topological polar surface area (TPSA) is 138 Å². The largest absolute Gasteiger partial charge is 0.452 e. The van der Waals surface area contributed by atoms with Crippen molar-refractivity contribution in [3.05, 3.63) is 58.4 Å². The number of aromatic nitrogens is 3. The van der Waals surface area contributed by atoms with Gasteiger partial charge in [0.2, 0.25) is 0 Å². The molecule has 0 radical (unpaired) electrons. The monoisotopic (exact) mass is 356 g/mol. The Morgan fingerprint density at radius 1 is 1.42 bits per heavy atom. The number of nitro groups is 1. The molecule has 3 rings (SSSR count). The molecule has 0 unspecified atom stereocenters. The van der Waals surface area contributed by atoms with E-state index in [2.05, 4.69) is 25.3 Å². The molecule has 3 aromatic rings. The molecule has 1 N–H and O–H groups in total. The summed E-state index contributed by atoms with van der Waals surface area (Å²) < 4.78 is 11.1. The number of carbonyl (C=O) groups is 1. The normalized spacial score (nSPS) is 10.8. The van der Waals surface area contributed by atoms with Crippen LogP contribution in [0.2, 0.25) is 0 Å². The summed E-state index contributed by atoms with van der Waals surface area (Å²) in [7, 11) is 1.21. The number of nitrogens with one attached hydrogen (secondary N) is 1. The molecule has 0 aliphatic rings. The van der Waals surface area contributed by atoms with Crippen molar-refractivity contribution in [1.82, 2.24) is 20.2 Å². The molecular formula is C15H12N6O5. The summed E-state index contributed by atoms with van der Waals surface area (Å²) >= 11 is 0. The highest BCUT2D eigenvalue weighted by Gasteiger charge is 2.19. The number of carbonyl (C=O) groups excluding carboxylic acids is 1. The maximum atomic E-state index is 11.1. The molecule has 0 spiro atoms. The zero-order chi connectivity index (χ0) is 18.5. The minimum Gasteiger partial charge on any atom is -0.452 e. The molecule has 0 fully saturated rings. The zero-order valence-corrected chi connectivity index (χ0v) is 13.4. The first-order valence-electron chi connectivity index (χ1n) is 7.21. The Kier molecular flexibility index (Phi) is 4.69. The average Bonchev–Trinajstić information content (AvgIpc) is 3.29. The second-order valence-electron chi connectivity index (χ2n) is 4.82. The lowest BCUT2D eigenvalue weighted by Crippen LogP contribution is -2.16. The van der Waals surface area contributed by atoms with Gasteiger partial charge in [-0.3, -0.25) is 10.1 Å². The van der Waals surface area contributed by atoms with Crippen LogP contribution in [0.1, 0.15) is 5.56 Å². The predicted octanol–water partition coefficient (Wildman–Crippen LogP) is 2.13. The van der Waals surface area contributed by atoms with E-state index < -0.39 is 16.9 Å². The molecule has 0 aliphatic carbocycles. The van der Waals surface area contributed by atoms with Gasteiger partial charge in [0.15, 0.2) is 11.6 Å². The van der Waals surface area contributed by atoms with Crippen LogP contribution >= 0.6 is 0 Å². The van der Waals surface area contributed by atoms with Gasteiger partial charge in [0.1, 0.15) is 10.6 Å². The van der Waals surface area contributed by atoms with Gasteiger partial charge in [0.25, 0.3) is 0 Å². The van der Waals surface area contributed by atoms with Crippen molar-refractivity contribution in [2.75, 3.05) is 7.11 Å². The third kappa shape index (κ3) is 3.56. The van der Waals surface area contributed by atoms with Gasteiger partial charge in [-0.25, -0.2) is 19.9 Å². The minimum absolute atomic E-state index is 0.172. The van der Waals surface area contributed by atoms with E-state index in [0.29, 0.717) is 17.1 Å². The molecule has 11 nitrogen and oxygen atoms in total. The molecular weight excluding hydrogens is 344 g/mol. The van der Waals surface area contributed by atoms with Crippen LogP contribution in [-0.4, -0.2) is 39.1 Å². The van der Waals surface area contributed by atoms with Crippen LogP contribution in [-0.2, 0) is 4.74 Å². The van der Waals surface area contributed by atoms with Crippen LogP contribution in [0.25, 0.3) is 17.3 Å². The summed E-state index contributed by atoms with van der Waals surface area (Å²) in [6.07, 6.45) is 3.76. The highest BCUT2D eigenvalue weighted by molar-refractivity contribution is 5.88. The summed E-state index contributed by atoms with van der Waals surface area (Å²) in [5.74, 6) is 0.282. The summed E-state index contributed by atoms with van der Waals surface area (Å²) in [6.45, 7) is 0. The number of methoxy groups -OCH3 is 1. The van der Waals surface area contributed by atoms with Crippen LogP contribution < -0.4 is 5.43 Å². The molecule has 0 saturated carbocycles. The second-order valence-corrected chi connectivity index (χ2v) is 4.82. The Morgan fingerprint density at radius 2 is 2.27 bits per heavy atom. The van der Waals surface area contributed by atoms with Gasteiger partial charge in [0.05, 0.1) is 19.4 Å². The molecule has 26 heavy (non-hydrogen) atoms. The van der Waals surface area contributed by atoms with Crippen molar-refractivity contribution in [2.45, 2.75) is 0 Å². The summed E-state index contributed by atoms with van der Waals surface area (Å²) in [4.78, 5) is 25.4. The fourth-order valence-corrected chi connectivity index (χ4v) is 2.03. The van der Waals surface area contributed by atoms with Gasteiger partial charge in [-0.15, -0.1) is 0 Å². The van der Waals surface area contributed by atoms with Crippen molar-refractivity contribution >= 4 is 18.2 Å². The van der Waals surface area contributed by atoms with Crippen molar-refractivity contribution in [3.8, 4) is 17.3 Å². The number of nitrogens with zero attached hydrogens (tertiary/aromatic N) is 5. The lowest BCUT2D eigenvalue weighted by Gasteiger charge is -1.97. The highest BCUT2D eigenvalue weighted by Crippen LogP contribution is 2.27. The van der Waals surface area contributed by atoms with Crippen LogP contribution in [0.3, 0.4) is 0 Å². The van der Waals surface area contributed by atoms with E-state index in [1.54, 1.807) is 30.6 Å². The Hall–Kier alpha value is -4.02. The molecule has 11 heteroatoms. The lowest BCUT2D eigenvalue weighted by molar-refractivity contribution is -0.401. The average molecular weight is 356 g/mol. The zero-order valence-electron chi connectivity index (χ0n) is 13.4. The maximum absolute atomic E-state index is 11.1. The summed E-state index contributed by atoms with van der Waals surface area (Å²) in [5.41, 5.74) is 2.88. The number of hydrogen-bond acceptors (Lipinski definition) is 8. The number of ether oxygens (including phenoxy) is 1. The fourth-order valence-electron chi connectivity index (χ4n) is 2.03. The maximum Gasteiger partial charge on any atom is 0.433 e. The lowest BCUT2D eigenvalue weighted by atomic mass is 10.2. The number of amides is 1. The summed E-state index contributed by atoms with van der Waals surface area (Å²) in [6, 6.07) is 7.92. The third-order valence-electron chi connectivity index (χ3n) is 3.18. The van der Waals surface area contributed by atoms with Crippen LogP contribution in [0.15, 0.2) is 52.2 Å². The first kappa shape index (κ1) is 16.8. The van der Waals surface area contributed by atoms with Crippen molar-refractivity contribution in [2.24, 2.45) is 5.10 Å². The van der Waals surface area contributed by atoms with Crippen molar-refractivity contribution in [3.63, 3.8) is 0 Å². The number of hydrogen-bond donors (Lipinski definition) is 1. The van der Waals surface area contributed by atoms with Crippen molar-refractivity contribution in [1.29, 1.82) is 0 Å². The van der Waals surface area contributed by atoms with Crippen molar-refractivity contribution < 1.29 is 18.9 Å². The van der Waals surface area contributed by atoms with E-state index in [0.717, 1.165) is 0 Å². The number of rotatable bonds is 5. The molecule has 0 aromatic carbocycles. The summed E-state index contributed by atoms with van der Waals surface area (Å²) in [5, 5.41) is 18.9. The van der Waals surface area contributed by atoms with Gasteiger partial charge in [-0.2, -0.15) is 10.2 Å². The van der Waals surface area contributed by atoms with Crippen LogP contribution in [0.5, 0.6) is 0 Å². The second kappa shape index (κ2) is 7.25. The van der Waals surface area contributed by atoms with E-state index in [1.165, 1.54) is 30.1 Å². The SMILES string of the molecule is COC(=O)NN=Cc1cn(-c2ccccn2)nc1-c1ccc([N+](=O)[O-])o1. The molecule has 132 valence electrons. The van der Waals surface area contributed by atoms with Crippen LogP contribution in [0.4, 0.5) is 10.7 Å². The fraction of sp³-hybridized carbons (Fsp3) is 0.0667. The van der Waals surface area contributed by atoms with E-state index >= 15 is 0 Å². The smallest absolute Gasteiger partial charge is 0.433 e. The minimum atomic E-state index is -0.742. The van der Waals surface area contributed by atoms with Gasteiger partial charge in [0, 0.05) is 18.0 Å². The molecule has 0 atom stereocenters. The van der Waals surface area contributed by atoms with Gasteiger partial charge in [-0.05, 0) is 18.2 Å². The third-order valence-corrected chi connectivity index (χ3v) is 3.18. The molecule has 3 heterocycles. The Bertz CT molecular complexity index is 962. The first-order chi connectivity index (χ1) is 12.6. The molecule has 1 amide bonds. The Morgan fingerprint density at radius 3 is 2.92 bits per heavy atom. The first-order valence-corrected chi connectivity index (χ1v) is 7.21. The molecule has 0 aliphatic heterocycles. The van der Waals surface area contributed by atoms with E-state index in [4.69, 9.17) is 4.42 Å². The predicted molar refractivity (Wildman–Crippen MR) is 88.9 cm³/mol. The van der Waals surface area contributed by atoms with Gasteiger partial charge in [-0.1, -0.05) is 6.07 Å². The van der Waals surface area contributed by atoms with Gasteiger partial charge >= 0.3 is 12.0 Å². The Labute approximate surface area is 146 Å². The molecule has 3 aromatic heterocycles. The molecule has 0 saturated heterocycles. The highest BCUT2D eigenvalue weighted by atomic mass is 16.6. The quantitative estimate of drug-likeness (QED) is 0.420. The molecule has 0 bridgehead atoms.